The third-order valence-electron chi connectivity index (χ3n) is 2.77. The van der Waals surface area contributed by atoms with E-state index in [1.54, 1.807) is 11.3 Å². The SMILES string of the molecule is CCc1oc(N)nc1-c1csc2ccccc12. The van der Waals surface area contributed by atoms with Crippen molar-refractivity contribution in [1.29, 1.82) is 0 Å². The van der Waals surface area contributed by atoms with E-state index in [0.29, 0.717) is 0 Å². The molecular formula is C13H12N2OS. The van der Waals surface area contributed by atoms with Gasteiger partial charge in [-0.15, -0.1) is 11.3 Å². The van der Waals surface area contributed by atoms with Crippen LogP contribution in [0.1, 0.15) is 12.7 Å². The molecule has 2 aromatic heterocycles. The fraction of sp³-hybridized carbons (Fsp3) is 0.154. The Kier molecular flexibility index (Phi) is 2.37. The molecule has 86 valence electrons. The van der Waals surface area contributed by atoms with Crippen molar-refractivity contribution in [3.05, 3.63) is 35.4 Å². The van der Waals surface area contributed by atoms with Gasteiger partial charge in [0.15, 0.2) is 0 Å². The maximum absolute atomic E-state index is 5.63. The highest BCUT2D eigenvalue weighted by molar-refractivity contribution is 7.17. The first kappa shape index (κ1) is 10.4. The Labute approximate surface area is 103 Å². The van der Waals surface area contributed by atoms with Crippen LogP contribution in [0.3, 0.4) is 0 Å². The molecular weight excluding hydrogens is 232 g/mol. The van der Waals surface area contributed by atoms with Crippen LogP contribution < -0.4 is 5.73 Å². The summed E-state index contributed by atoms with van der Waals surface area (Å²) in [6.07, 6.45) is 0.795. The van der Waals surface area contributed by atoms with Crippen LogP contribution in [0.15, 0.2) is 34.1 Å². The van der Waals surface area contributed by atoms with Crippen molar-refractivity contribution in [2.45, 2.75) is 13.3 Å². The quantitative estimate of drug-likeness (QED) is 0.747. The van der Waals surface area contributed by atoms with Gasteiger partial charge in [0.25, 0.3) is 6.01 Å². The summed E-state index contributed by atoms with van der Waals surface area (Å²) in [4.78, 5) is 4.29. The largest absolute Gasteiger partial charge is 0.428 e. The van der Waals surface area contributed by atoms with Crippen molar-refractivity contribution in [3.8, 4) is 11.3 Å². The van der Waals surface area contributed by atoms with Crippen molar-refractivity contribution < 1.29 is 4.42 Å². The number of nitrogen functional groups attached to an aromatic ring is 1. The van der Waals surface area contributed by atoms with Crippen LogP contribution in [-0.4, -0.2) is 4.98 Å². The average molecular weight is 244 g/mol. The Morgan fingerprint density at radius 1 is 1.35 bits per heavy atom. The molecule has 0 aliphatic carbocycles. The van der Waals surface area contributed by atoms with E-state index in [4.69, 9.17) is 10.2 Å². The van der Waals surface area contributed by atoms with E-state index in [-0.39, 0.29) is 6.01 Å². The first-order valence-electron chi connectivity index (χ1n) is 5.51. The molecule has 2 heterocycles. The first-order valence-corrected chi connectivity index (χ1v) is 6.39. The average Bonchev–Trinajstić information content (AvgIpc) is 2.91. The zero-order valence-electron chi connectivity index (χ0n) is 9.43. The van der Waals surface area contributed by atoms with Gasteiger partial charge >= 0.3 is 0 Å². The molecule has 3 aromatic rings. The fourth-order valence-corrected chi connectivity index (χ4v) is 2.93. The number of nitrogens with zero attached hydrogens (tertiary/aromatic N) is 1. The Bertz CT molecular complexity index is 669. The van der Waals surface area contributed by atoms with Gasteiger partial charge in [-0.3, -0.25) is 0 Å². The molecule has 0 bridgehead atoms. The maximum atomic E-state index is 5.63. The van der Waals surface area contributed by atoms with E-state index < -0.39 is 0 Å². The highest BCUT2D eigenvalue weighted by Gasteiger charge is 2.15. The normalized spacial score (nSPS) is 11.1. The summed E-state index contributed by atoms with van der Waals surface area (Å²) in [6.45, 7) is 2.04. The second-order valence-electron chi connectivity index (χ2n) is 3.82. The predicted octanol–water partition coefficient (Wildman–Crippen LogP) is 3.70. The maximum Gasteiger partial charge on any atom is 0.292 e. The highest BCUT2D eigenvalue weighted by atomic mass is 32.1. The summed E-state index contributed by atoms with van der Waals surface area (Å²) < 4.78 is 6.66. The Balaban J connectivity index is 2.26. The Morgan fingerprint density at radius 2 is 2.18 bits per heavy atom. The molecule has 2 N–H and O–H groups in total. The highest BCUT2D eigenvalue weighted by Crippen LogP contribution is 2.35. The third kappa shape index (κ3) is 1.61. The number of hydrogen-bond acceptors (Lipinski definition) is 4. The number of rotatable bonds is 2. The summed E-state index contributed by atoms with van der Waals surface area (Å²) in [7, 11) is 0. The number of nitrogens with two attached hydrogens (primary N) is 1. The van der Waals surface area contributed by atoms with Gasteiger partial charge in [-0.1, -0.05) is 25.1 Å². The van der Waals surface area contributed by atoms with Crippen LogP contribution in [0.5, 0.6) is 0 Å². The number of oxazole rings is 1. The number of hydrogen-bond donors (Lipinski definition) is 1. The molecule has 4 heteroatoms. The van der Waals surface area contributed by atoms with Gasteiger partial charge < -0.3 is 10.2 Å². The van der Waals surface area contributed by atoms with Crippen LogP contribution in [0, 0.1) is 0 Å². The number of benzene rings is 1. The van der Waals surface area contributed by atoms with Crippen LogP contribution >= 0.6 is 11.3 Å². The molecule has 0 atom stereocenters. The molecule has 0 aliphatic rings. The standard InChI is InChI=1S/C13H12N2OS/c1-2-10-12(15-13(14)16-10)9-7-17-11-6-4-3-5-8(9)11/h3-7H,2H2,1H3,(H2,14,15). The van der Waals surface area contributed by atoms with Gasteiger partial charge in [0.05, 0.1) is 0 Å². The van der Waals surface area contributed by atoms with Crippen LogP contribution in [0.4, 0.5) is 6.01 Å². The predicted molar refractivity (Wildman–Crippen MR) is 71.1 cm³/mol. The van der Waals surface area contributed by atoms with Crippen LogP contribution in [0.2, 0.25) is 0 Å². The summed E-state index contributed by atoms with van der Waals surface area (Å²) >= 11 is 1.71. The molecule has 0 unspecified atom stereocenters. The Morgan fingerprint density at radius 3 is 3.00 bits per heavy atom. The lowest BCUT2D eigenvalue weighted by Gasteiger charge is -1.96. The van der Waals surface area contributed by atoms with E-state index in [1.807, 2.05) is 19.1 Å². The first-order chi connectivity index (χ1) is 8.29. The molecule has 3 rings (SSSR count). The van der Waals surface area contributed by atoms with Gasteiger partial charge in [0.2, 0.25) is 0 Å². The zero-order valence-corrected chi connectivity index (χ0v) is 10.3. The number of aromatic nitrogens is 1. The van der Waals surface area contributed by atoms with E-state index in [2.05, 4.69) is 22.5 Å². The van der Waals surface area contributed by atoms with E-state index in [1.165, 1.54) is 10.1 Å². The molecule has 3 nitrogen and oxygen atoms in total. The number of aryl methyl sites for hydroxylation is 1. The molecule has 0 aliphatic heterocycles. The lowest BCUT2D eigenvalue weighted by Crippen LogP contribution is -1.84. The summed E-state index contributed by atoms with van der Waals surface area (Å²) in [5, 5.41) is 3.32. The molecule has 0 saturated carbocycles. The van der Waals surface area contributed by atoms with E-state index >= 15 is 0 Å². The van der Waals surface area contributed by atoms with Gasteiger partial charge in [-0.25, -0.2) is 0 Å². The topological polar surface area (TPSA) is 52.0 Å². The lowest BCUT2D eigenvalue weighted by atomic mass is 10.1. The summed E-state index contributed by atoms with van der Waals surface area (Å²) in [5.41, 5.74) is 7.62. The van der Waals surface area contributed by atoms with Gasteiger partial charge in [0.1, 0.15) is 11.5 Å². The Hall–Kier alpha value is -1.81. The number of anilines is 1. The van der Waals surface area contributed by atoms with Crippen molar-refractivity contribution in [2.75, 3.05) is 5.73 Å². The number of fused-ring (bicyclic) bond motifs is 1. The van der Waals surface area contributed by atoms with Gasteiger partial charge in [-0.2, -0.15) is 4.98 Å². The number of thiophene rings is 1. The smallest absolute Gasteiger partial charge is 0.292 e. The zero-order chi connectivity index (χ0) is 11.8. The van der Waals surface area contributed by atoms with Gasteiger partial charge in [-0.05, 0) is 6.07 Å². The van der Waals surface area contributed by atoms with Crippen molar-refractivity contribution in [3.63, 3.8) is 0 Å². The molecule has 0 fully saturated rings. The second kappa shape index (κ2) is 3.89. The minimum atomic E-state index is 0.243. The van der Waals surface area contributed by atoms with Crippen LogP contribution in [0.25, 0.3) is 21.3 Å². The molecule has 0 spiro atoms. The van der Waals surface area contributed by atoms with Gasteiger partial charge in [0, 0.05) is 27.5 Å². The van der Waals surface area contributed by atoms with E-state index in [0.717, 1.165) is 23.4 Å². The van der Waals surface area contributed by atoms with Crippen LogP contribution in [-0.2, 0) is 6.42 Å². The summed E-state index contributed by atoms with van der Waals surface area (Å²) in [6, 6.07) is 8.53. The molecule has 0 amide bonds. The third-order valence-corrected chi connectivity index (χ3v) is 3.73. The summed E-state index contributed by atoms with van der Waals surface area (Å²) in [5.74, 6) is 0.853. The van der Waals surface area contributed by atoms with Crippen molar-refractivity contribution >= 4 is 27.4 Å². The van der Waals surface area contributed by atoms with E-state index in [9.17, 15) is 0 Å². The van der Waals surface area contributed by atoms with Crippen molar-refractivity contribution in [2.24, 2.45) is 0 Å². The molecule has 0 saturated heterocycles. The fourth-order valence-electron chi connectivity index (χ4n) is 1.98. The molecule has 0 radical (unpaired) electrons. The molecule has 1 aromatic carbocycles. The minimum absolute atomic E-state index is 0.243. The van der Waals surface area contributed by atoms with Crippen molar-refractivity contribution in [1.82, 2.24) is 4.98 Å². The lowest BCUT2D eigenvalue weighted by molar-refractivity contribution is 0.530. The molecule has 17 heavy (non-hydrogen) atoms. The minimum Gasteiger partial charge on any atom is -0.428 e. The monoisotopic (exact) mass is 244 g/mol. The second-order valence-corrected chi connectivity index (χ2v) is 4.73.